The molecule has 117 heavy (non-hydrogen) atoms. The maximum Gasteiger partial charge on any atom is 0.328 e. The van der Waals surface area contributed by atoms with Crippen molar-refractivity contribution in [2.24, 2.45) is 7.05 Å². The highest BCUT2D eigenvalue weighted by Gasteiger charge is 2.36. The minimum absolute atomic E-state index is 0.0254. The second-order valence-electron chi connectivity index (χ2n) is 29.5. The number of carbonyl (C=O) groups excluding carboxylic acids is 4. The second-order valence-corrected chi connectivity index (χ2v) is 33.7. The van der Waals surface area contributed by atoms with Crippen LogP contribution in [0.15, 0.2) is 193 Å². The molecule has 610 valence electrons. The number of aryl methyl sites for hydroxylation is 1. The summed E-state index contributed by atoms with van der Waals surface area (Å²) in [4.78, 5) is 53.2. The normalized spacial score (nSPS) is 16.0. The van der Waals surface area contributed by atoms with Crippen LogP contribution in [0, 0.1) is 11.6 Å². The first-order valence-corrected chi connectivity index (χ1v) is 42.6. The minimum atomic E-state index is -3.64. The number of nitrogens with zero attached hydrogens (tertiary/aromatic N) is 6. The summed E-state index contributed by atoms with van der Waals surface area (Å²) in [7, 11) is 0.805. The maximum absolute atomic E-state index is 13.9. The Morgan fingerprint density at radius 3 is 1.39 bits per heavy atom. The SMILES string of the molecule is COC(=O)[C@@H](Cc1ccc(F)cc1)NC(=O)c1nn(-c2ccc(Cl)cc2Cl)c2c1CCCCC2Cc1cccc(Cl)c1.COC(=O)[C@@H](Cc1ccc(O)cc1)NC(=O)c1nn(-c2ccc(Cl)cc2Cl)c2c1CCCCC2Cc1cccc(Cl)c1.C[C@H](NS(=O)(=O)/C=C/c1nn(C)c2c1CCCCC2Cc1cccc(F)c1)c1ccccc1. The molecule has 0 radical (unpaired) electrons. The summed E-state index contributed by atoms with van der Waals surface area (Å²) in [5.74, 6) is -2.40. The fraction of sp³-hybridized carbons (Fsp3) is 0.300. The molecule has 0 fully saturated rings. The van der Waals surface area contributed by atoms with Crippen molar-refractivity contribution in [2.75, 3.05) is 14.2 Å². The lowest BCUT2D eigenvalue weighted by Gasteiger charge is -2.19. The van der Waals surface area contributed by atoms with Gasteiger partial charge in [0.25, 0.3) is 11.8 Å². The molecule has 18 nitrogen and oxygen atoms in total. The van der Waals surface area contributed by atoms with Gasteiger partial charge in [-0.25, -0.2) is 40.9 Å². The number of hydrogen-bond donors (Lipinski definition) is 4. The first-order chi connectivity index (χ1) is 56.3. The van der Waals surface area contributed by atoms with Gasteiger partial charge in [-0.1, -0.05) is 180 Å². The van der Waals surface area contributed by atoms with Crippen LogP contribution >= 0.6 is 69.6 Å². The number of aromatic hydroxyl groups is 1. The largest absolute Gasteiger partial charge is 0.508 e. The van der Waals surface area contributed by atoms with Crippen molar-refractivity contribution in [3.05, 3.63) is 319 Å². The number of nitrogens with one attached hydrogen (secondary N) is 3. The minimum Gasteiger partial charge on any atom is -0.508 e. The monoisotopic (exact) mass is 1720 g/mol. The average molecular weight is 1720 g/mol. The number of amides is 2. The van der Waals surface area contributed by atoms with Crippen LogP contribution in [-0.2, 0) is 87.5 Å². The van der Waals surface area contributed by atoms with Gasteiger partial charge in [0.2, 0.25) is 10.0 Å². The third kappa shape index (κ3) is 22.6. The molecule has 3 aliphatic rings. The van der Waals surface area contributed by atoms with E-state index >= 15 is 0 Å². The number of rotatable bonds is 23. The summed E-state index contributed by atoms with van der Waals surface area (Å²) in [5.41, 5.74) is 13.5. The Balaban J connectivity index is 0.000000163. The number of sulfonamides is 1. The van der Waals surface area contributed by atoms with E-state index in [4.69, 9.17) is 89.3 Å². The molecule has 0 saturated heterocycles. The fourth-order valence-electron chi connectivity index (χ4n) is 15.8. The first-order valence-electron chi connectivity index (χ1n) is 38.8. The lowest BCUT2D eigenvalue weighted by atomic mass is 9.91. The Hall–Kier alpha value is -9.68. The summed E-state index contributed by atoms with van der Waals surface area (Å²) in [6.07, 6.45) is 14.8. The van der Waals surface area contributed by atoms with Crippen LogP contribution in [0.1, 0.15) is 182 Å². The van der Waals surface area contributed by atoms with Gasteiger partial charge < -0.3 is 25.2 Å². The second kappa shape index (κ2) is 40.2. The van der Waals surface area contributed by atoms with E-state index in [0.29, 0.717) is 78.5 Å². The lowest BCUT2D eigenvalue weighted by molar-refractivity contribution is -0.143. The molecular formula is C90H89Cl6F2N9O9S. The molecule has 0 spiro atoms. The molecule has 4 N–H and O–H groups in total. The van der Waals surface area contributed by atoms with E-state index in [9.17, 15) is 41.5 Å². The van der Waals surface area contributed by atoms with Gasteiger partial charge in [0.1, 0.15) is 29.5 Å². The predicted molar refractivity (Wildman–Crippen MR) is 456 cm³/mol. The lowest BCUT2D eigenvalue weighted by Crippen LogP contribution is -2.43. The molecule has 0 saturated carbocycles. The van der Waals surface area contributed by atoms with Crippen LogP contribution < -0.4 is 15.4 Å². The van der Waals surface area contributed by atoms with Crippen molar-refractivity contribution in [3.8, 4) is 17.1 Å². The zero-order valence-corrected chi connectivity index (χ0v) is 70.2. The van der Waals surface area contributed by atoms with E-state index in [1.165, 1.54) is 50.0 Å². The number of methoxy groups -OCH3 is 2. The molecule has 6 atom stereocenters. The van der Waals surface area contributed by atoms with Crippen molar-refractivity contribution < 1.29 is 51.0 Å². The highest BCUT2D eigenvalue weighted by atomic mass is 35.5. The molecule has 3 heterocycles. The molecule has 3 aromatic heterocycles. The number of halogens is 8. The van der Waals surface area contributed by atoms with Gasteiger partial charge in [-0.3, -0.25) is 14.3 Å². The molecule has 27 heteroatoms. The molecule has 11 aromatic rings. The highest BCUT2D eigenvalue weighted by molar-refractivity contribution is 7.92. The number of phenolic OH excluding ortho intramolecular Hbond substituents is 1. The van der Waals surface area contributed by atoms with Crippen LogP contribution in [0.4, 0.5) is 8.78 Å². The van der Waals surface area contributed by atoms with Crippen LogP contribution in [0.25, 0.3) is 17.5 Å². The fourth-order valence-corrected chi connectivity index (χ4v) is 18.2. The van der Waals surface area contributed by atoms with Crippen LogP contribution in [0.5, 0.6) is 5.75 Å². The topological polar surface area (TPSA) is 231 Å². The molecule has 0 aliphatic heterocycles. The third-order valence-corrected chi connectivity index (χ3v) is 24.0. The van der Waals surface area contributed by atoms with Crippen LogP contribution in [0.2, 0.25) is 30.1 Å². The number of esters is 2. The highest BCUT2D eigenvalue weighted by Crippen LogP contribution is 2.42. The molecule has 2 amide bonds. The van der Waals surface area contributed by atoms with Crippen LogP contribution in [0.3, 0.4) is 0 Å². The van der Waals surface area contributed by atoms with Gasteiger partial charge in [0.15, 0.2) is 11.4 Å². The Labute approximate surface area is 709 Å². The average Bonchev–Trinajstić information content (AvgIpc) is 1.62. The maximum atomic E-state index is 13.9. The number of ether oxygens (including phenoxy) is 2. The van der Waals surface area contributed by atoms with Gasteiger partial charge in [-0.2, -0.15) is 15.3 Å². The summed E-state index contributed by atoms with van der Waals surface area (Å²) in [6.45, 7) is 1.82. The van der Waals surface area contributed by atoms with E-state index in [2.05, 4.69) is 20.5 Å². The van der Waals surface area contributed by atoms with Gasteiger partial charge in [0.05, 0.1) is 52.7 Å². The molecule has 0 bridgehead atoms. The van der Waals surface area contributed by atoms with Crippen molar-refractivity contribution >= 4 is 109 Å². The summed E-state index contributed by atoms with van der Waals surface area (Å²) >= 11 is 38.3. The number of benzene rings is 8. The van der Waals surface area contributed by atoms with Gasteiger partial charge in [-0.05, 0) is 220 Å². The Kier molecular flexibility index (Phi) is 29.8. The Morgan fingerprint density at radius 2 is 0.940 bits per heavy atom. The van der Waals surface area contributed by atoms with Crippen molar-refractivity contribution in [2.45, 2.75) is 152 Å². The standard InChI is InChI=1S/C32H29Cl3FN3O3.C32H30Cl3N3O4.C26H30FN3O2S/c1-42-32(41)27(17-19-9-12-24(36)13-10-19)37-31(40)29-25-8-3-2-6-21(15-20-5-4-7-22(33)16-20)30(25)39(38-29)28-14-11-23(34)18-26(28)35;1-42-32(41)27(17-19-9-12-24(39)13-10-19)36-31(40)29-25-8-3-2-6-21(15-20-5-4-7-22(33)16-20)30(25)38(37-29)28-14-11-23(34)18-26(28)35;1-19(21-10-4-3-5-11-21)29-33(31,32)16-15-25-24-14-7-6-12-22(26(24)30(2)28-25)17-20-9-8-13-23(27)18-20/h4-5,7,9-14,16,18,21,27H,2-3,6,8,15,17H2,1H3,(H,37,40);4-5,7,9-14,16,18,21,27,39H,2-3,6,8,15,17H2,1H3,(H,36,40);3-5,8-11,13,15-16,18-19,22,29H,6-7,12,14,17H2,1-2H3/b;;16-15+/t2*21?,27-;19-,22?/m110/s1. The zero-order chi connectivity index (χ0) is 83.0. The third-order valence-electron chi connectivity index (χ3n) is 21.3. The molecule has 3 aliphatic carbocycles. The van der Waals surface area contributed by atoms with E-state index < -0.39 is 45.9 Å². The molecular weight excluding hydrogens is 1630 g/mol. The Bertz CT molecular complexity index is 5280. The predicted octanol–water partition coefficient (Wildman–Crippen LogP) is 19.9. The molecule has 3 unspecified atom stereocenters. The number of fused-ring (bicyclic) bond motifs is 3. The summed E-state index contributed by atoms with van der Waals surface area (Å²) in [6, 6.07) is 52.0. The summed E-state index contributed by atoms with van der Waals surface area (Å²) < 4.78 is 70.6. The summed E-state index contributed by atoms with van der Waals surface area (Å²) in [5, 5.41) is 33.9. The first kappa shape index (κ1) is 86.7. The van der Waals surface area contributed by atoms with E-state index in [1.807, 2.05) is 104 Å². The van der Waals surface area contributed by atoms with Gasteiger partial charge in [0, 0.05) is 91.6 Å². The van der Waals surface area contributed by atoms with E-state index in [0.717, 1.165) is 132 Å². The quantitative estimate of drug-likeness (QED) is 0.0346. The zero-order valence-electron chi connectivity index (χ0n) is 64.9. The van der Waals surface area contributed by atoms with E-state index in [1.54, 1.807) is 88.2 Å². The molecule has 14 rings (SSSR count). The van der Waals surface area contributed by atoms with Crippen molar-refractivity contribution in [3.63, 3.8) is 0 Å². The van der Waals surface area contributed by atoms with Crippen LogP contribution in [-0.4, -0.2) is 92.9 Å². The van der Waals surface area contributed by atoms with Crippen molar-refractivity contribution in [1.29, 1.82) is 0 Å². The van der Waals surface area contributed by atoms with Gasteiger partial charge in [-0.15, -0.1) is 0 Å². The number of hydrogen-bond acceptors (Lipinski definition) is 12. The number of phenols is 1. The Morgan fingerprint density at radius 1 is 0.504 bits per heavy atom. The number of aromatic nitrogens is 6. The van der Waals surface area contributed by atoms with E-state index in [-0.39, 0.29) is 65.4 Å². The van der Waals surface area contributed by atoms with Crippen molar-refractivity contribution in [1.82, 2.24) is 44.7 Å². The number of carbonyl (C=O) groups is 4. The van der Waals surface area contributed by atoms with Gasteiger partial charge >= 0.3 is 11.9 Å². The molecule has 8 aromatic carbocycles. The smallest absolute Gasteiger partial charge is 0.328 e.